The van der Waals surface area contributed by atoms with Crippen LogP contribution in [0.1, 0.15) is 31.7 Å². The van der Waals surface area contributed by atoms with Crippen molar-refractivity contribution in [3.8, 4) is 0 Å². The van der Waals surface area contributed by atoms with Crippen LogP contribution in [-0.4, -0.2) is 19.1 Å². The Morgan fingerprint density at radius 3 is 2.94 bits per heavy atom. The van der Waals surface area contributed by atoms with Crippen LogP contribution in [0.5, 0.6) is 0 Å². The summed E-state index contributed by atoms with van der Waals surface area (Å²) < 4.78 is 0. The number of fused-ring (bicyclic) bond motifs is 2. The van der Waals surface area contributed by atoms with E-state index in [1.54, 1.807) is 0 Å². The molecule has 0 aromatic heterocycles. The van der Waals surface area contributed by atoms with Crippen molar-refractivity contribution in [3.05, 3.63) is 28.8 Å². The van der Waals surface area contributed by atoms with Crippen molar-refractivity contribution in [2.45, 2.75) is 38.8 Å². The summed E-state index contributed by atoms with van der Waals surface area (Å²) in [7, 11) is 0. The number of hydrogen-bond acceptors (Lipinski definition) is 2. The minimum absolute atomic E-state index is 0.775. The summed E-state index contributed by atoms with van der Waals surface area (Å²) in [5.41, 5.74) is 2.74. The Kier molecular flexibility index (Phi) is 3.49. The summed E-state index contributed by atoms with van der Waals surface area (Å²) in [6, 6.07) is 7.12. The third-order valence-electron chi connectivity index (χ3n) is 4.33. The first kappa shape index (κ1) is 12.3. The topological polar surface area (TPSA) is 15.3 Å². The van der Waals surface area contributed by atoms with Crippen molar-refractivity contribution in [3.63, 3.8) is 0 Å². The lowest BCUT2D eigenvalue weighted by Crippen LogP contribution is -2.33. The fourth-order valence-corrected chi connectivity index (χ4v) is 3.65. The lowest BCUT2D eigenvalue weighted by atomic mass is 10.1. The molecule has 0 spiro atoms. The van der Waals surface area contributed by atoms with E-state index in [1.165, 1.54) is 37.1 Å². The molecule has 1 N–H and O–H groups in total. The predicted octanol–water partition coefficient (Wildman–Crippen LogP) is 3.44. The zero-order valence-corrected chi connectivity index (χ0v) is 11.7. The summed E-state index contributed by atoms with van der Waals surface area (Å²) in [6.07, 6.45) is 4.19. The van der Waals surface area contributed by atoms with E-state index in [2.05, 4.69) is 29.3 Å². The largest absolute Gasteiger partial charge is 0.368 e. The highest BCUT2D eigenvalue weighted by Gasteiger charge is 2.38. The van der Waals surface area contributed by atoms with Gasteiger partial charge in [0, 0.05) is 29.8 Å². The second-order valence-corrected chi connectivity index (χ2v) is 5.98. The number of rotatable bonds is 4. The van der Waals surface area contributed by atoms with E-state index < -0.39 is 0 Å². The summed E-state index contributed by atoms with van der Waals surface area (Å²) in [5.74, 6) is 0.928. The normalized spacial score (nSPS) is 26.0. The molecule has 2 unspecified atom stereocenters. The van der Waals surface area contributed by atoms with Crippen molar-refractivity contribution >= 4 is 17.3 Å². The Morgan fingerprint density at radius 1 is 1.39 bits per heavy atom. The van der Waals surface area contributed by atoms with Gasteiger partial charge in [0.1, 0.15) is 0 Å². The molecule has 2 fully saturated rings. The number of piperidine rings is 1. The van der Waals surface area contributed by atoms with E-state index in [0.717, 1.165) is 30.1 Å². The van der Waals surface area contributed by atoms with Crippen LogP contribution in [0.4, 0.5) is 5.69 Å². The number of benzene rings is 1. The van der Waals surface area contributed by atoms with E-state index in [4.69, 9.17) is 11.6 Å². The molecule has 0 radical (unpaired) electrons. The minimum Gasteiger partial charge on any atom is -0.368 e. The SMILES string of the molecule is CCNCc1cc(Cl)ccc1N1CC2CCC1C2. The maximum atomic E-state index is 6.14. The van der Waals surface area contributed by atoms with Gasteiger partial charge in [-0.15, -0.1) is 0 Å². The molecule has 0 amide bonds. The first-order valence-corrected chi connectivity index (χ1v) is 7.41. The number of nitrogens with zero attached hydrogens (tertiary/aromatic N) is 1. The predicted molar refractivity (Wildman–Crippen MR) is 77.3 cm³/mol. The molecule has 1 heterocycles. The standard InChI is InChI=1S/C15H21ClN2/c1-2-17-9-12-8-13(16)4-6-15(12)18-10-11-3-5-14(18)7-11/h4,6,8,11,14,17H,2-3,5,7,9-10H2,1H3. The van der Waals surface area contributed by atoms with Gasteiger partial charge in [-0.05, 0) is 55.5 Å². The van der Waals surface area contributed by atoms with Crippen molar-refractivity contribution in [1.29, 1.82) is 0 Å². The van der Waals surface area contributed by atoms with Crippen LogP contribution in [0.25, 0.3) is 0 Å². The molecule has 18 heavy (non-hydrogen) atoms. The second kappa shape index (κ2) is 5.10. The highest BCUT2D eigenvalue weighted by Crippen LogP contribution is 2.41. The van der Waals surface area contributed by atoms with Gasteiger partial charge in [-0.25, -0.2) is 0 Å². The monoisotopic (exact) mass is 264 g/mol. The summed E-state index contributed by atoms with van der Waals surface area (Å²) >= 11 is 6.14. The van der Waals surface area contributed by atoms with E-state index >= 15 is 0 Å². The van der Waals surface area contributed by atoms with Crippen LogP contribution in [0, 0.1) is 5.92 Å². The summed E-state index contributed by atoms with van der Waals surface area (Å²) in [6.45, 7) is 5.30. The van der Waals surface area contributed by atoms with Crippen molar-refractivity contribution in [2.24, 2.45) is 5.92 Å². The quantitative estimate of drug-likeness (QED) is 0.896. The van der Waals surface area contributed by atoms with Gasteiger partial charge in [0.25, 0.3) is 0 Å². The Labute approximate surface area is 114 Å². The van der Waals surface area contributed by atoms with Gasteiger partial charge in [0.2, 0.25) is 0 Å². The van der Waals surface area contributed by atoms with Gasteiger partial charge in [0.05, 0.1) is 0 Å². The maximum Gasteiger partial charge on any atom is 0.0415 e. The molecular formula is C15H21ClN2. The summed E-state index contributed by atoms with van der Waals surface area (Å²) in [5, 5.41) is 4.26. The molecule has 2 bridgehead atoms. The molecule has 2 atom stereocenters. The first-order chi connectivity index (χ1) is 8.78. The lowest BCUT2D eigenvalue weighted by molar-refractivity contribution is 0.551. The van der Waals surface area contributed by atoms with E-state index in [9.17, 15) is 0 Å². The molecule has 1 aliphatic carbocycles. The molecule has 2 nitrogen and oxygen atoms in total. The summed E-state index contributed by atoms with van der Waals surface area (Å²) in [4.78, 5) is 2.61. The molecule has 98 valence electrons. The van der Waals surface area contributed by atoms with Gasteiger partial charge in [-0.2, -0.15) is 0 Å². The second-order valence-electron chi connectivity index (χ2n) is 5.54. The Balaban J connectivity index is 1.86. The van der Waals surface area contributed by atoms with E-state index in [-0.39, 0.29) is 0 Å². The molecule has 1 saturated heterocycles. The smallest absolute Gasteiger partial charge is 0.0415 e. The van der Waals surface area contributed by atoms with Crippen molar-refractivity contribution in [2.75, 3.05) is 18.0 Å². The van der Waals surface area contributed by atoms with Crippen LogP contribution in [0.3, 0.4) is 0 Å². The molecule has 1 aromatic carbocycles. The highest BCUT2D eigenvalue weighted by molar-refractivity contribution is 6.30. The van der Waals surface area contributed by atoms with E-state index in [1.807, 2.05) is 6.07 Å². The molecule has 3 rings (SSSR count). The Hall–Kier alpha value is -0.730. The van der Waals surface area contributed by atoms with Gasteiger partial charge in [-0.3, -0.25) is 0 Å². The maximum absolute atomic E-state index is 6.14. The molecular weight excluding hydrogens is 244 g/mol. The molecule has 1 saturated carbocycles. The highest BCUT2D eigenvalue weighted by atomic mass is 35.5. The van der Waals surface area contributed by atoms with Crippen LogP contribution in [0.15, 0.2) is 18.2 Å². The van der Waals surface area contributed by atoms with Crippen LogP contribution < -0.4 is 10.2 Å². The fourth-order valence-electron chi connectivity index (χ4n) is 3.46. The van der Waals surface area contributed by atoms with Crippen molar-refractivity contribution in [1.82, 2.24) is 5.32 Å². The van der Waals surface area contributed by atoms with Crippen LogP contribution in [0.2, 0.25) is 5.02 Å². The van der Waals surface area contributed by atoms with Crippen LogP contribution >= 0.6 is 11.6 Å². The molecule has 1 aliphatic heterocycles. The fraction of sp³-hybridized carbons (Fsp3) is 0.600. The average molecular weight is 265 g/mol. The molecule has 2 aliphatic rings. The Morgan fingerprint density at radius 2 is 2.28 bits per heavy atom. The number of nitrogens with one attached hydrogen (secondary N) is 1. The molecule has 1 aromatic rings. The zero-order chi connectivity index (χ0) is 12.5. The van der Waals surface area contributed by atoms with Crippen molar-refractivity contribution < 1.29 is 0 Å². The molecule has 3 heteroatoms. The third kappa shape index (κ3) is 2.24. The van der Waals surface area contributed by atoms with Gasteiger partial charge in [-0.1, -0.05) is 18.5 Å². The zero-order valence-electron chi connectivity index (χ0n) is 11.0. The van der Waals surface area contributed by atoms with Crippen LogP contribution in [-0.2, 0) is 6.54 Å². The number of anilines is 1. The van der Waals surface area contributed by atoms with Gasteiger partial charge < -0.3 is 10.2 Å². The van der Waals surface area contributed by atoms with E-state index in [0.29, 0.717) is 0 Å². The first-order valence-electron chi connectivity index (χ1n) is 7.03. The average Bonchev–Trinajstić information content (AvgIpc) is 2.98. The minimum atomic E-state index is 0.775. The number of halogens is 1. The number of hydrogen-bond donors (Lipinski definition) is 1. The van der Waals surface area contributed by atoms with Gasteiger partial charge >= 0.3 is 0 Å². The lowest BCUT2D eigenvalue weighted by Gasteiger charge is -2.31. The Bertz CT molecular complexity index is 433. The van der Waals surface area contributed by atoms with Gasteiger partial charge in [0.15, 0.2) is 0 Å². The third-order valence-corrected chi connectivity index (χ3v) is 4.56.